The van der Waals surface area contributed by atoms with Gasteiger partial charge >= 0.3 is 0 Å². The first-order chi connectivity index (χ1) is 15.6. The zero-order chi connectivity index (χ0) is 22.8. The SMILES string of the molecule is C/C=C\C=CC(=O)c1ccc(Oc2ccnc3ccc(NC(=O)C#CCOC)cc23)nc1. The summed E-state index contributed by atoms with van der Waals surface area (Å²) < 4.78 is 10.7. The van der Waals surface area contributed by atoms with Gasteiger partial charge in [0.15, 0.2) is 5.78 Å². The molecule has 0 aliphatic carbocycles. The summed E-state index contributed by atoms with van der Waals surface area (Å²) in [6.45, 7) is 2.05. The maximum Gasteiger partial charge on any atom is 0.300 e. The second-order valence-electron chi connectivity index (χ2n) is 6.47. The number of allylic oxidation sites excluding steroid dienone is 4. The van der Waals surface area contributed by atoms with Gasteiger partial charge in [-0.1, -0.05) is 24.1 Å². The molecule has 0 aliphatic rings. The molecule has 0 atom stereocenters. The summed E-state index contributed by atoms with van der Waals surface area (Å²) in [6, 6.07) is 10.2. The fourth-order valence-corrected chi connectivity index (χ4v) is 2.69. The van der Waals surface area contributed by atoms with Gasteiger partial charge < -0.3 is 14.8 Å². The Labute approximate surface area is 185 Å². The molecule has 3 rings (SSSR count). The maximum atomic E-state index is 12.1. The molecule has 0 saturated heterocycles. The van der Waals surface area contributed by atoms with Crippen LogP contribution in [0.25, 0.3) is 10.9 Å². The molecule has 1 N–H and O–H groups in total. The number of carbonyl (C=O) groups is 2. The number of nitrogens with one attached hydrogen (secondary N) is 1. The zero-order valence-electron chi connectivity index (χ0n) is 17.7. The first-order valence-corrected chi connectivity index (χ1v) is 9.76. The molecule has 0 saturated carbocycles. The normalized spacial score (nSPS) is 10.8. The van der Waals surface area contributed by atoms with Gasteiger partial charge in [-0.05, 0) is 49.3 Å². The molecule has 1 amide bonds. The molecule has 32 heavy (non-hydrogen) atoms. The first kappa shape index (κ1) is 22.4. The standard InChI is InChI=1S/C25H21N3O4/c1-3-4-5-7-22(29)18-9-12-25(27-17-18)32-23-13-14-26-21-11-10-19(16-20(21)23)28-24(30)8-6-15-31-2/h3-5,7,9-14,16-17H,15H2,1-2H3,(H,28,30)/b4-3-,7-5?. The number of hydrogen-bond acceptors (Lipinski definition) is 6. The van der Waals surface area contributed by atoms with Gasteiger partial charge in [-0.2, -0.15) is 0 Å². The van der Waals surface area contributed by atoms with E-state index in [9.17, 15) is 9.59 Å². The summed E-state index contributed by atoms with van der Waals surface area (Å²) in [5.74, 6) is 5.29. The maximum absolute atomic E-state index is 12.1. The Morgan fingerprint density at radius 3 is 2.75 bits per heavy atom. The molecule has 7 heteroatoms. The van der Waals surface area contributed by atoms with Gasteiger partial charge in [0, 0.05) is 42.2 Å². The van der Waals surface area contributed by atoms with E-state index in [0.29, 0.717) is 33.8 Å². The van der Waals surface area contributed by atoms with Crippen LogP contribution in [0.2, 0.25) is 0 Å². The fraction of sp³-hybridized carbons (Fsp3) is 0.120. The number of nitrogens with zero attached hydrogens (tertiary/aromatic N) is 2. The first-order valence-electron chi connectivity index (χ1n) is 9.76. The van der Waals surface area contributed by atoms with E-state index in [0.717, 1.165) is 0 Å². The second-order valence-corrected chi connectivity index (χ2v) is 6.47. The summed E-state index contributed by atoms with van der Waals surface area (Å²) in [6.07, 6.45) is 9.85. The summed E-state index contributed by atoms with van der Waals surface area (Å²) in [4.78, 5) is 32.6. The van der Waals surface area contributed by atoms with E-state index in [-0.39, 0.29) is 12.4 Å². The molecule has 160 valence electrons. The van der Waals surface area contributed by atoms with Crippen LogP contribution >= 0.6 is 0 Å². The molecular formula is C25H21N3O4. The summed E-state index contributed by atoms with van der Waals surface area (Å²) in [7, 11) is 1.51. The van der Waals surface area contributed by atoms with Crippen LogP contribution in [0.1, 0.15) is 17.3 Å². The molecule has 3 aromatic rings. The largest absolute Gasteiger partial charge is 0.438 e. The highest BCUT2D eigenvalue weighted by Gasteiger charge is 2.09. The van der Waals surface area contributed by atoms with Gasteiger partial charge in [-0.15, -0.1) is 0 Å². The third kappa shape index (κ3) is 6.11. The predicted octanol–water partition coefficient (Wildman–Crippen LogP) is 4.33. The molecule has 2 aromatic heterocycles. The van der Waals surface area contributed by atoms with Crippen LogP contribution in [-0.4, -0.2) is 35.4 Å². The van der Waals surface area contributed by atoms with Crippen molar-refractivity contribution >= 4 is 28.3 Å². The lowest BCUT2D eigenvalue weighted by molar-refractivity contribution is -0.111. The van der Waals surface area contributed by atoms with E-state index in [1.54, 1.807) is 54.7 Å². The number of ketones is 1. The molecule has 0 fully saturated rings. The van der Waals surface area contributed by atoms with Gasteiger partial charge in [0.25, 0.3) is 5.91 Å². The van der Waals surface area contributed by atoms with E-state index in [1.807, 2.05) is 13.0 Å². The van der Waals surface area contributed by atoms with Crippen molar-refractivity contribution in [2.45, 2.75) is 6.92 Å². The van der Waals surface area contributed by atoms with Gasteiger partial charge in [0.2, 0.25) is 5.88 Å². The minimum atomic E-state index is -0.446. The lowest BCUT2D eigenvalue weighted by Crippen LogP contribution is -2.08. The third-order valence-electron chi connectivity index (χ3n) is 4.16. The molecular weight excluding hydrogens is 406 g/mol. The number of benzene rings is 1. The second kappa shape index (κ2) is 11.2. The van der Waals surface area contributed by atoms with E-state index < -0.39 is 5.91 Å². The Kier molecular flexibility index (Phi) is 7.84. The number of pyridine rings is 2. The van der Waals surface area contributed by atoms with Gasteiger partial charge in [-0.25, -0.2) is 4.98 Å². The molecule has 7 nitrogen and oxygen atoms in total. The van der Waals surface area contributed by atoms with Gasteiger partial charge in [-0.3, -0.25) is 14.6 Å². The van der Waals surface area contributed by atoms with Crippen molar-refractivity contribution in [2.75, 3.05) is 19.0 Å². The topological polar surface area (TPSA) is 90.4 Å². The Morgan fingerprint density at radius 2 is 2.00 bits per heavy atom. The van der Waals surface area contributed by atoms with Gasteiger partial charge in [0.1, 0.15) is 12.4 Å². The van der Waals surface area contributed by atoms with Crippen molar-refractivity contribution in [3.63, 3.8) is 0 Å². The number of carbonyl (C=O) groups excluding carboxylic acids is 2. The number of fused-ring (bicyclic) bond motifs is 1. The van der Waals surface area contributed by atoms with Crippen molar-refractivity contribution < 1.29 is 19.1 Å². The van der Waals surface area contributed by atoms with Crippen LogP contribution in [0.3, 0.4) is 0 Å². The van der Waals surface area contributed by atoms with Crippen molar-refractivity contribution in [2.24, 2.45) is 0 Å². The molecule has 2 heterocycles. The zero-order valence-corrected chi connectivity index (χ0v) is 17.7. The summed E-state index contributed by atoms with van der Waals surface area (Å²) >= 11 is 0. The fourth-order valence-electron chi connectivity index (χ4n) is 2.69. The average molecular weight is 427 g/mol. The highest BCUT2D eigenvalue weighted by Crippen LogP contribution is 2.30. The van der Waals surface area contributed by atoms with E-state index >= 15 is 0 Å². The van der Waals surface area contributed by atoms with Crippen LogP contribution in [-0.2, 0) is 9.53 Å². The lowest BCUT2D eigenvalue weighted by Gasteiger charge is -2.09. The van der Waals surface area contributed by atoms with Crippen molar-refractivity contribution in [3.8, 4) is 23.5 Å². The number of aromatic nitrogens is 2. The molecule has 0 bridgehead atoms. The lowest BCUT2D eigenvalue weighted by atomic mass is 10.1. The van der Waals surface area contributed by atoms with Crippen molar-refractivity contribution in [1.82, 2.24) is 9.97 Å². The Hall–Kier alpha value is -4.28. The number of methoxy groups -OCH3 is 1. The van der Waals surface area contributed by atoms with Crippen molar-refractivity contribution in [3.05, 3.63) is 78.7 Å². The van der Waals surface area contributed by atoms with Crippen LogP contribution in [0.5, 0.6) is 11.6 Å². The minimum absolute atomic E-state index is 0.148. The summed E-state index contributed by atoms with van der Waals surface area (Å²) in [5.41, 5.74) is 1.69. The number of amides is 1. The molecule has 0 spiro atoms. The Bertz CT molecular complexity index is 1240. The van der Waals surface area contributed by atoms with Crippen LogP contribution < -0.4 is 10.1 Å². The van der Waals surface area contributed by atoms with E-state index in [4.69, 9.17) is 9.47 Å². The summed E-state index contributed by atoms with van der Waals surface area (Å²) in [5, 5.41) is 3.40. The molecule has 0 aliphatic heterocycles. The Balaban J connectivity index is 1.79. The third-order valence-corrected chi connectivity index (χ3v) is 4.16. The number of anilines is 1. The average Bonchev–Trinajstić information content (AvgIpc) is 2.80. The van der Waals surface area contributed by atoms with Crippen LogP contribution in [0.4, 0.5) is 5.69 Å². The van der Waals surface area contributed by atoms with E-state index in [1.165, 1.54) is 19.4 Å². The highest BCUT2D eigenvalue weighted by molar-refractivity contribution is 6.05. The quantitative estimate of drug-likeness (QED) is 0.261. The minimum Gasteiger partial charge on any atom is -0.438 e. The predicted molar refractivity (Wildman–Crippen MR) is 123 cm³/mol. The van der Waals surface area contributed by atoms with Crippen molar-refractivity contribution in [1.29, 1.82) is 0 Å². The Morgan fingerprint density at radius 1 is 1.12 bits per heavy atom. The number of hydrogen-bond donors (Lipinski definition) is 1. The van der Waals surface area contributed by atoms with Crippen LogP contribution in [0, 0.1) is 11.8 Å². The van der Waals surface area contributed by atoms with Gasteiger partial charge in [0.05, 0.1) is 5.52 Å². The van der Waals surface area contributed by atoms with Crippen LogP contribution in [0.15, 0.2) is 73.1 Å². The van der Waals surface area contributed by atoms with E-state index in [2.05, 4.69) is 27.1 Å². The number of ether oxygens (including phenoxy) is 2. The molecule has 0 radical (unpaired) electrons. The smallest absolute Gasteiger partial charge is 0.300 e. The highest BCUT2D eigenvalue weighted by atomic mass is 16.5. The molecule has 1 aromatic carbocycles. The number of rotatable bonds is 7. The molecule has 0 unspecified atom stereocenters. The monoisotopic (exact) mass is 427 g/mol.